The largest absolute Gasteiger partial charge is 0.497 e. The number of hydrogen-bond donors (Lipinski definition) is 1. The zero-order valence-corrected chi connectivity index (χ0v) is 11.5. The van der Waals surface area contributed by atoms with Crippen molar-refractivity contribution in [3.63, 3.8) is 0 Å². The number of methoxy groups -OCH3 is 1. The minimum Gasteiger partial charge on any atom is -0.497 e. The van der Waals surface area contributed by atoms with Gasteiger partial charge in [0.05, 0.1) is 7.11 Å². The third-order valence-corrected chi connectivity index (χ3v) is 4.45. The summed E-state index contributed by atoms with van der Waals surface area (Å²) in [7, 11) is 1.78. The summed E-state index contributed by atoms with van der Waals surface area (Å²) >= 11 is 0. The van der Waals surface area contributed by atoms with E-state index in [0.717, 1.165) is 18.2 Å². The molecule has 0 aromatic heterocycles. The molecule has 1 N–H and O–H groups in total. The normalized spacial score (nSPS) is 25.0. The van der Waals surface area contributed by atoms with E-state index in [1.54, 1.807) is 18.2 Å². The van der Waals surface area contributed by atoms with Gasteiger partial charge in [0.25, 0.3) is 0 Å². The van der Waals surface area contributed by atoms with E-state index in [9.17, 15) is 0 Å². The van der Waals surface area contributed by atoms with Crippen molar-refractivity contribution in [2.24, 2.45) is 0 Å². The number of rotatable bonds is 4. The highest BCUT2D eigenvalue weighted by molar-refractivity contribution is 5.50. The zero-order valence-electron chi connectivity index (χ0n) is 11.5. The van der Waals surface area contributed by atoms with Crippen LogP contribution in [0.15, 0.2) is 12.1 Å². The van der Waals surface area contributed by atoms with Crippen molar-refractivity contribution in [2.75, 3.05) is 13.7 Å². The van der Waals surface area contributed by atoms with E-state index in [1.165, 1.54) is 37.7 Å². The topological polar surface area (TPSA) is 21.3 Å². The lowest BCUT2D eigenvalue weighted by Gasteiger charge is -2.22. The van der Waals surface area contributed by atoms with E-state index < -0.39 is 0 Å². The first-order valence-corrected chi connectivity index (χ1v) is 7.27. The molecule has 2 aliphatic carbocycles. The first kappa shape index (κ1) is 12.0. The van der Waals surface area contributed by atoms with Gasteiger partial charge in [0.2, 0.25) is 0 Å². The smallest absolute Gasteiger partial charge is 0.119 e. The SMILES string of the molecule is CCCNC1CC2CCCc3cc(OC)cc1c32. The van der Waals surface area contributed by atoms with Gasteiger partial charge in [0.15, 0.2) is 0 Å². The lowest BCUT2D eigenvalue weighted by molar-refractivity contribution is 0.412. The van der Waals surface area contributed by atoms with E-state index in [0.29, 0.717) is 6.04 Å². The van der Waals surface area contributed by atoms with Gasteiger partial charge in [-0.25, -0.2) is 0 Å². The second-order valence-electron chi connectivity index (χ2n) is 5.62. The molecule has 0 spiro atoms. The zero-order chi connectivity index (χ0) is 12.5. The Labute approximate surface area is 110 Å². The van der Waals surface area contributed by atoms with Crippen LogP contribution >= 0.6 is 0 Å². The van der Waals surface area contributed by atoms with Gasteiger partial charge in [0, 0.05) is 6.04 Å². The minimum absolute atomic E-state index is 0.553. The molecule has 2 atom stereocenters. The molecule has 0 saturated carbocycles. The van der Waals surface area contributed by atoms with Gasteiger partial charge >= 0.3 is 0 Å². The quantitative estimate of drug-likeness (QED) is 0.875. The highest BCUT2D eigenvalue weighted by Crippen LogP contribution is 2.48. The monoisotopic (exact) mass is 245 g/mol. The molecule has 0 bridgehead atoms. The summed E-state index contributed by atoms with van der Waals surface area (Å²) in [6, 6.07) is 5.07. The van der Waals surface area contributed by atoms with Crippen molar-refractivity contribution in [2.45, 2.75) is 51.0 Å². The van der Waals surface area contributed by atoms with Crippen LogP contribution in [-0.4, -0.2) is 13.7 Å². The molecule has 18 heavy (non-hydrogen) atoms. The van der Waals surface area contributed by atoms with Crippen molar-refractivity contribution in [1.29, 1.82) is 0 Å². The first-order chi connectivity index (χ1) is 8.83. The van der Waals surface area contributed by atoms with E-state index in [-0.39, 0.29) is 0 Å². The molecule has 2 unspecified atom stereocenters. The Morgan fingerprint density at radius 2 is 2.28 bits per heavy atom. The molecule has 0 fully saturated rings. The Morgan fingerprint density at radius 1 is 1.39 bits per heavy atom. The molecule has 2 nitrogen and oxygen atoms in total. The van der Waals surface area contributed by atoms with Crippen molar-refractivity contribution in [3.05, 3.63) is 28.8 Å². The summed E-state index contributed by atoms with van der Waals surface area (Å²) in [6.07, 6.45) is 6.43. The van der Waals surface area contributed by atoms with Crippen LogP contribution in [0.3, 0.4) is 0 Å². The summed E-state index contributed by atoms with van der Waals surface area (Å²) in [5.41, 5.74) is 4.71. The molecule has 0 heterocycles. The summed E-state index contributed by atoms with van der Waals surface area (Å²) in [4.78, 5) is 0. The van der Waals surface area contributed by atoms with Crippen LogP contribution in [0.5, 0.6) is 5.75 Å². The van der Waals surface area contributed by atoms with Crippen LogP contribution in [-0.2, 0) is 6.42 Å². The van der Waals surface area contributed by atoms with Crippen molar-refractivity contribution >= 4 is 0 Å². The standard InChI is InChI=1S/C16H23NO/c1-3-7-17-15-9-12-6-4-5-11-8-13(18-2)10-14(15)16(11)12/h8,10,12,15,17H,3-7,9H2,1-2H3. The summed E-state index contributed by atoms with van der Waals surface area (Å²) in [6.45, 7) is 3.35. The summed E-state index contributed by atoms with van der Waals surface area (Å²) in [5, 5.41) is 3.70. The molecule has 0 saturated heterocycles. The van der Waals surface area contributed by atoms with Crippen LogP contribution in [0.25, 0.3) is 0 Å². The maximum atomic E-state index is 5.47. The van der Waals surface area contributed by atoms with Gasteiger partial charge in [-0.15, -0.1) is 0 Å². The fraction of sp³-hybridized carbons (Fsp3) is 0.625. The Kier molecular flexibility index (Phi) is 3.29. The van der Waals surface area contributed by atoms with Crippen LogP contribution < -0.4 is 10.1 Å². The molecular formula is C16H23NO. The molecule has 0 amide bonds. The van der Waals surface area contributed by atoms with E-state index in [1.807, 2.05) is 0 Å². The molecule has 3 rings (SSSR count). The highest BCUT2D eigenvalue weighted by atomic mass is 16.5. The van der Waals surface area contributed by atoms with E-state index >= 15 is 0 Å². The maximum Gasteiger partial charge on any atom is 0.119 e. The van der Waals surface area contributed by atoms with Crippen LogP contribution in [0.4, 0.5) is 0 Å². The lowest BCUT2D eigenvalue weighted by Crippen LogP contribution is -2.20. The number of benzene rings is 1. The number of ether oxygens (including phenoxy) is 1. The summed E-state index contributed by atoms with van der Waals surface area (Å²) < 4.78 is 5.47. The van der Waals surface area contributed by atoms with E-state index in [4.69, 9.17) is 4.74 Å². The number of aryl methyl sites for hydroxylation is 1. The third-order valence-electron chi connectivity index (χ3n) is 4.45. The lowest BCUT2D eigenvalue weighted by atomic mass is 9.84. The predicted octanol–water partition coefficient (Wildman–Crippen LogP) is 3.56. The van der Waals surface area contributed by atoms with Crippen LogP contribution in [0.2, 0.25) is 0 Å². The maximum absolute atomic E-state index is 5.47. The predicted molar refractivity (Wildman–Crippen MR) is 74.3 cm³/mol. The molecule has 1 aromatic rings. The average molecular weight is 245 g/mol. The van der Waals surface area contributed by atoms with Gasteiger partial charge in [0.1, 0.15) is 5.75 Å². The molecule has 2 heteroatoms. The molecule has 0 aliphatic heterocycles. The second kappa shape index (κ2) is 4.93. The molecule has 0 radical (unpaired) electrons. The molecule has 2 aliphatic rings. The highest BCUT2D eigenvalue weighted by Gasteiger charge is 2.34. The van der Waals surface area contributed by atoms with E-state index in [2.05, 4.69) is 24.4 Å². The van der Waals surface area contributed by atoms with Gasteiger partial charge < -0.3 is 10.1 Å². The molecular weight excluding hydrogens is 222 g/mol. The average Bonchev–Trinajstić information content (AvgIpc) is 2.76. The Balaban J connectivity index is 1.98. The Morgan fingerprint density at radius 3 is 3.06 bits per heavy atom. The number of nitrogens with one attached hydrogen (secondary N) is 1. The van der Waals surface area contributed by atoms with Crippen LogP contribution in [0, 0.1) is 0 Å². The fourth-order valence-electron chi connectivity index (χ4n) is 3.66. The van der Waals surface area contributed by atoms with Crippen molar-refractivity contribution < 1.29 is 4.74 Å². The van der Waals surface area contributed by atoms with Crippen LogP contribution in [0.1, 0.15) is 61.3 Å². The fourth-order valence-corrected chi connectivity index (χ4v) is 3.66. The third kappa shape index (κ3) is 1.93. The second-order valence-corrected chi connectivity index (χ2v) is 5.62. The van der Waals surface area contributed by atoms with Crippen molar-refractivity contribution in [1.82, 2.24) is 5.32 Å². The number of hydrogen-bond acceptors (Lipinski definition) is 2. The van der Waals surface area contributed by atoms with Crippen molar-refractivity contribution in [3.8, 4) is 5.75 Å². The minimum atomic E-state index is 0.553. The van der Waals surface area contributed by atoms with Gasteiger partial charge in [-0.3, -0.25) is 0 Å². The Bertz CT molecular complexity index is 441. The molecule has 1 aromatic carbocycles. The van der Waals surface area contributed by atoms with Gasteiger partial charge in [-0.05, 0) is 73.4 Å². The van der Waals surface area contributed by atoms with Gasteiger partial charge in [-0.2, -0.15) is 0 Å². The summed E-state index contributed by atoms with van der Waals surface area (Å²) in [5.74, 6) is 1.83. The molecule has 98 valence electrons. The first-order valence-electron chi connectivity index (χ1n) is 7.27. The van der Waals surface area contributed by atoms with Gasteiger partial charge in [-0.1, -0.05) is 6.92 Å². The Hall–Kier alpha value is -1.02.